The quantitative estimate of drug-likeness (QED) is 0.908. The molecule has 0 heterocycles. The van der Waals surface area contributed by atoms with Crippen molar-refractivity contribution in [3.8, 4) is 11.5 Å². The first kappa shape index (κ1) is 14.2. The van der Waals surface area contributed by atoms with E-state index in [2.05, 4.69) is 19.9 Å². The third-order valence-electron chi connectivity index (χ3n) is 4.60. The number of nitrogens with two attached hydrogens (primary N) is 1. The lowest BCUT2D eigenvalue weighted by Gasteiger charge is -2.31. The molecule has 0 radical (unpaired) electrons. The lowest BCUT2D eigenvalue weighted by Crippen LogP contribution is -2.33. The number of rotatable bonds is 4. The molecule has 0 bridgehead atoms. The molecular formula is C16H25NO2. The summed E-state index contributed by atoms with van der Waals surface area (Å²) in [6, 6.07) is 2.24. The Hall–Kier alpha value is -1.22. The van der Waals surface area contributed by atoms with Crippen molar-refractivity contribution in [2.24, 2.45) is 5.73 Å². The highest BCUT2D eigenvalue weighted by molar-refractivity contribution is 5.57. The van der Waals surface area contributed by atoms with Crippen LogP contribution in [-0.2, 0) is 5.41 Å². The number of aryl methyl sites for hydroxylation is 1. The fourth-order valence-electron chi connectivity index (χ4n) is 3.55. The van der Waals surface area contributed by atoms with Gasteiger partial charge in [-0.1, -0.05) is 18.9 Å². The molecule has 3 nitrogen and oxygen atoms in total. The van der Waals surface area contributed by atoms with E-state index in [4.69, 9.17) is 15.2 Å². The summed E-state index contributed by atoms with van der Waals surface area (Å²) in [5, 5.41) is 0. The molecule has 0 aliphatic heterocycles. The fraction of sp³-hybridized carbons (Fsp3) is 0.625. The summed E-state index contributed by atoms with van der Waals surface area (Å²) >= 11 is 0. The minimum Gasteiger partial charge on any atom is -0.493 e. The summed E-state index contributed by atoms with van der Waals surface area (Å²) < 4.78 is 11.0. The highest BCUT2D eigenvalue weighted by Gasteiger charge is 2.36. The summed E-state index contributed by atoms with van der Waals surface area (Å²) in [6.07, 6.45) is 4.90. The van der Waals surface area contributed by atoms with Gasteiger partial charge in [0.15, 0.2) is 11.5 Å². The van der Waals surface area contributed by atoms with Gasteiger partial charge in [0.1, 0.15) is 0 Å². The first-order valence-electron chi connectivity index (χ1n) is 7.02. The van der Waals surface area contributed by atoms with E-state index in [1.54, 1.807) is 14.2 Å². The van der Waals surface area contributed by atoms with Gasteiger partial charge in [0.25, 0.3) is 0 Å². The third kappa shape index (κ3) is 2.20. The highest BCUT2D eigenvalue weighted by Crippen LogP contribution is 2.46. The maximum Gasteiger partial charge on any atom is 0.164 e. The van der Waals surface area contributed by atoms with Gasteiger partial charge in [-0.05, 0) is 43.4 Å². The van der Waals surface area contributed by atoms with Gasteiger partial charge in [-0.2, -0.15) is 0 Å². The molecule has 0 saturated heterocycles. The SMILES string of the molecule is COc1c(C)cc(C2(CN)CCCC2)c(C)c1OC. The third-order valence-corrected chi connectivity index (χ3v) is 4.60. The van der Waals surface area contributed by atoms with Crippen molar-refractivity contribution < 1.29 is 9.47 Å². The van der Waals surface area contributed by atoms with Crippen molar-refractivity contribution in [2.45, 2.75) is 44.9 Å². The second kappa shape index (κ2) is 5.41. The molecule has 1 fully saturated rings. The first-order chi connectivity index (χ1) is 9.09. The molecular weight excluding hydrogens is 238 g/mol. The van der Waals surface area contributed by atoms with E-state index < -0.39 is 0 Å². The zero-order valence-corrected chi connectivity index (χ0v) is 12.5. The minimum absolute atomic E-state index is 0.133. The van der Waals surface area contributed by atoms with E-state index in [1.807, 2.05) is 0 Å². The van der Waals surface area contributed by atoms with E-state index in [9.17, 15) is 0 Å². The molecule has 1 aliphatic rings. The molecule has 2 rings (SSSR count). The van der Waals surface area contributed by atoms with Crippen LogP contribution in [0.25, 0.3) is 0 Å². The summed E-state index contributed by atoms with van der Waals surface area (Å²) in [5.74, 6) is 1.70. The maximum absolute atomic E-state index is 6.11. The van der Waals surface area contributed by atoms with Crippen LogP contribution < -0.4 is 15.2 Å². The van der Waals surface area contributed by atoms with Gasteiger partial charge in [-0.25, -0.2) is 0 Å². The Kier molecular flexibility index (Phi) is 4.04. The highest BCUT2D eigenvalue weighted by atomic mass is 16.5. The van der Waals surface area contributed by atoms with Crippen molar-refractivity contribution in [3.05, 3.63) is 22.8 Å². The van der Waals surface area contributed by atoms with Gasteiger partial charge in [-0.15, -0.1) is 0 Å². The van der Waals surface area contributed by atoms with E-state index in [0.29, 0.717) is 6.54 Å². The van der Waals surface area contributed by atoms with Crippen molar-refractivity contribution >= 4 is 0 Å². The fourth-order valence-corrected chi connectivity index (χ4v) is 3.55. The van der Waals surface area contributed by atoms with E-state index >= 15 is 0 Å². The largest absolute Gasteiger partial charge is 0.493 e. The first-order valence-corrected chi connectivity index (χ1v) is 7.02. The van der Waals surface area contributed by atoms with Gasteiger partial charge in [0.05, 0.1) is 14.2 Å². The molecule has 1 aliphatic carbocycles. The molecule has 1 saturated carbocycles. The molecule has 0 amide bonds. The molecule has 0 spiro atoms. The summed E-state index contributed by atoms with van der Waals surface area (Å²) in [4.78, 5) is 0. The lowest BCUT2D eigenvalue weighted by atomic mass is 9.76. The van der Waals surface area contributed by atoms with Crippen LogP contribution in [0, 0.1) is 13.8 Å². The summed E-state index contributed by atoms with van der Waals surface area (Å²) in [6.45, 7) is 4.90. The van der Waals surface area contributed by atoms with Gasteiger partial charge in [-0.3, -0.25) is 0 Å². The minimum atomic E-state index is 0.133. The van der Waals surface area contributed by atoms with Crippen LogP contribution in [0.15, 0.2) is 6.07 Å². The predicted octanol–water partition coefficient (Wildman–Crippen LogP) is 3.09. The second-order valence-corrected chi connectivity index (χ2v) is 5.62. The molecule has 1 aromatic carbocycles. The van der Waals surface area contributed by atoms with Crippen LogP contribution in [0.3, 0.4) is 0 Å². The van der Waals surface area contributed by atoms with Gasteiger partial charge >= 0.3 is 0 Å². The Labute approximate surface area is 116 Å². The number of benzene rings is 1. The van der Waals surface area contributed by atoms with Crippen LogP contribution >= 0.6 is 0 Å². The monoisotopic (exact) mass is 263 g/mol. The van der Waals surface area contributed by atoms with Gasteiger partial charge in [0.2, 0.25) is 0 Å². The molecule has 2 N–H and O–H groups in total. The van der Waals surface area contributed by atoms with Crippen LogP contribution in [0.2, 0.25) is 0 Å². The Morgan fingerprint density at radius 2 is 1.68 bits per heavy atom. The average Bonchev–Trinajstić information content (AvgIpc) is 2.90. The van der Waals surface area contributed by atoms with Gasteiger partial charge in [0, 0.05) is 12.0 Å². The van der Waals surface area contributed by atoms with Crippen LogP contribution in [-0.4, -0.2) is 20.8 Å². The molecule has 0 atom stereocenters. The number of methoxy groups -OCH3 is 2. The molecule has 0 unspecified atom stereocenters. The van der Waals surface area contributed by atoms with Gasteiger partial charge < -0.3 is 15.2 Å². The zero-order chi connectivity index (χ0) is 14.0. The number of hydrogen-bond acceptors (Lipinski definition) is 3. The molecule has 0 aromatic heterocycles. The van der Waals surface area contributed by atoms with Crippen molar-refractivity contribution in [1.29, 1.82) is 0 Å². The van der Waals surface area contributed by atoms with Crippen LogP contribution in [0.5, 0.6) is 11.5 Å². The average molecular weight is 263 g/mol. The normalized spacial score (nSPS) is 17.5. The Morgan fingerprint density at radius 1 is 1.11 bits per heavy atom. The maximum atomic E-state index is 6.11. The lowest BCUT2D eigenvalue weighted by molar-refractivity contribution is 0.347. The smallest absolute Gasteiger partial charge is 0.164 e. The van der Waals surface area contributed by atoms with E-state index in [-0.39, 0.29) is 5.41 Å². The molecule has 106 valence electrons. The Morgan fingerprint density at radius 3 is 2.16 bits per heavy atom. The van der Waals surface area contributed by atoms with Crippen LogP contribution in [0.1, 0.15) is 42.4 Å². The second-order valence-electron chi connectivity index (χ2n) is 5.62. The Balaban J connectivity index is 2.61. The predicted molar refractivity (Wildman–Crippen MR) is 78.2 cm³/mol. The molecule has 19 heavy (non-hydrogen) atoms. The zero-order valence-electron chi connectivity index (χ0n) is 12.5. The topological polar surface area (TPSA) is 44.5 Å². The van der Waals surface area contributed by atoms with Crippen LogP contribution in [0.4, 0.5) is 0 Å². The number of hydrogen-bond donors (Lipinski definition) is 1. The van der Waals surface area contributed by atoms with E-state index in [0.717, 1.165) is 17.1 Å². The molecule has 1 aromatic rings. The van der Waals surface area contributed by atoms with Crippen molar-refractivity contribution in [1.82, 2.24) is 0 Å². The van der Waals surface area contributed by atoms with E-state index in [1.165, 1.54) is 36.8 Å². The van der Waals surface area contributed by atoms with Crippen molar-refractivity contribution in [3.63, 3.8) is 0 Å². The summed E-state index contributed by atoms with van der Waals surface area (Å²) in [7, 11) is 3.40. The standard InChI is InChI=1S/C16H25NO2/c1-11-9-13(16(10-17)7-5-6-8-16)12(2)15(19-4)14(11)18-3/h9H,5-8,10,17H2,1-4H3. The number of ether oxygens (including phenoxy) is 2. The molecule has 3 heteroatoms. The summed E-state index contributed by atoms with van der Waals surface area (Å²) in [5.41, 5.74) is 9.90. The van der Waals surface area contributed by atoms with Crippen molar-refractivity contribution in [2.75, 3.05) is 20.8 Å². The Bertz CT molecular complexity index is 462.